The van der Waals surface area contributed by atoms with Gasteiger partial charge in [-0.1, -0.05) is 6.92 Å². The van der Waals surface area contributed by atoms with Crippen LogP contribution in [-0.4, -0.2) is 33.8 Å². The summed E-state index contributed by atoms with van der Waals surface area (Å²) in [4.78, 5) is 26.3. The molecule has 2 N–H and O–H groups in total. The second kappa shape index (κ2) is 5.15. The number of nitrogens with zero attached hydrogens (tertiary/aromatic N) is 1. The second-order valence-electron chi connectivity index (χ2n) is 5.60. The smallest absolute Gasteiger partial charge is 0.418 e. The molecular formula is C17H18N2O4. The Kier molecular flexibility index (Phi) is 3.39. The second-order valence-corrected chi connectivity index (χ2v) is 5.60. The average Bonchev–Trinajstić information content (AvgIpc) is 3.05. The van der Waals surface area contributed by atoms with Gasteiger partial charge in [-0.05, 0) is 43.0 Å². The Morgan fingerprint density at radius 2 is 1.96 bits per heavy atom. The number of carbonyl (C=O) groups is 2. The molecule has 0 aliphatic heterocycles. The van der Waals surface area contributed by atoms with Crippen molar-refractivity contribution in [3.8, 4) is 0 Å². The third-order valence-corrected chi connectivity index (χ3v) is 4.40. The maximum Gasteiger partial charge on any atom is 0.418 e. The molecule has 0 spiro atoms. The zero-order valence-electron chi connectivity index (χ0n) is 13.5. The van der Waals surface area contributed by atoms with Crippen LogP contribution in [0.4, 0.5) is 4.79 Å². The molecule has 2 aromatic heterocycles. The molecule has 0 saturated heterocycles. The van der Waals surface area contributed by atoms with E-state index in [0.717, 1.165) is 33.8 Å². The van der Waals surface area contributed by atoms with Crippen LogP contribution in [0.5, 0.6) is 0 Å². The van der Waals surface area contributed by atoms with Gasteiger partial charge < -0.3 is 14.8 Å². The minimum atomic E-state index is -0.991. The van der Waals surface area contributed by atoms with Crippen molar-refractivity contribution in [1.29, 1.82) is 0 Å². The number of ether oxygens (including phenoxy) is 1. The summed E-state index contributed by atoms with van der Waals surface area (Å²) >= 11 is 0. The molecule has 0 fully saturated rings. The van der Waals surface area contributed by atoms with Crippen LogP contribution in [0.25, 0.3) is 21.8 Å². The molecule has 0 atom stereocenters. The van der Waals surface area contributed by atoms with Crippen LogP contribution in [0.2, 0.25) is 0 Å². The Labute approximate surface area is 132 Å². The predicted octanol–water partition coefficient (Wildman–Crippen LogP) is 3.61. The molecule has 1 aromatic carbocycles. The number of aryl methyl sites for hydroxylation is 3. The van der Waals surface area contributed by atoms with Gasteiger partial charge in [-0.25, -0.2) is 9.59 Å². The molecular weight excluding hydrogens is 296 g/mol. The number of aromatic amines is 1. The van der Waals surface area contributed by atoms with E-state index in [4.69, 9.17) is 4.74 Å². The maximum atomic E-state index is 12.0. The summed E-state index contributed by atoms with van der Waals surface area (Å²) in [7, 11) is 1.34. The summed E-state index contributed by atoms with van der Waals surface area (Å²) < 4.78 is 6.31. The van der Waals surface area contributed by atoms with Crippen molar-refractivity contribution in [3.05, 3.63) is 34.6 Å². The van der Waals surface area contributed by atoms with E-state index in [-0.39, 0.29) is 5.69 Å². The first kappa shape index (κ1) is 15.1. The standard InChI is InChI=1S/C17H18N2O4/c1-5-10-7-19(17(22)23-4)12-6-11-13(8(2)14(10)12)9(3)15(18-11)16(20)21/h6-7,18H,5H2,1-4H3,(H,20,21). The third-order valence-electron chi connectivity index (χ3n) is 4.40. The fraction of sp³-hybridized carbons (Fsp3) is 0.294. The van der Waals surface area contributed by atoms with Gasteiger partial charge in [0.1, 0.15) is 5.69 Å². The Morgan fingerprint density at radius 1 is 1.26 bits per heavy atom. The quantitative estimate of drug-likeness (QED) is 0.756. The van der Waals surface area contributed by atoms with E-state index in [2.05, 4.69) is 4.98 Å². The van der Waals surface area contributed by atoms with Gasteiger partial charge in [-0.15, -0.1) is 0 Å². The number of hydrogen-bond donors (Lipinski definition) is 2. The van der Waals surface area contributed by atoms with Crippen molar-refractivity contribution in [3.63, 3.8) is 0 Å². The molecule has 0 saturated carbocycles. The van der Waals surface area contributed by atoms with Crippen molar-refractivity contribution in [2.75, 3.05) is 7.11 Å². The average molecular weight is 314 g/mol. The minimum Gasteiger partial charge on any atom is -0.477 e. The molecule has 0 bridgehead atoms. The first-order chi connectivity index (χ1) is 10.9. The van der Waals surface area contributed by atoms with Crippen molar-refractivity contribution >= 4 is 33.9 Å². The van der Waals surface area contributed by atoms with Gasteiger partial charge in [-0.2, -0.15) is 0 Å². The number of aromatic nitrogens is 2. The number of carboxylic acids is 1. The SMILES string of the molecule is CCc1cn(C(=O)OC)c2cc3[nH]c(C(=O)O)c(C)c3c(C)c12. The summed E-state index contributed by atoms with van der Waals surface area (Å²) in [5.74, 6) is -0.991. The van der Waals surface area contributed by atoms with Gasteiger partial charge in [0.05, 0.1) is 12.6 Å². The fourth-order valence-corrected chi connectivity index (χ4v) is 3.35. The number of aromatic carboxylic acids is 1. The highest BCUT2D eigenvalue weighted by molar-refractivity contribution is 6.08. The molecule has 3 rings (SSSR count). The van der Waals surface area contributed by atoms with Crippen LogP contribution in [0.1, 0.15) is 34.1 Å². The summed E-state index contributed by atoms with van der Waals surface area (Å²) in [5, 5.41) is 11.2. The number of carboxylic acid groups (broad SMARTS) is 1. The number of carbonyl (C=O) groups excluding carboxylic acids is 1. The number of H-pyrrole nitrogens is 1. The molecule has 0 radical (unpaired) electrons. The Bertz CT molecular complexity index is 962. The number of rotatable bonds is 2. The lowest BCUT2D eigenvalue weighted by Gasteiger charge is -2.05. The monoisotopic (exact) mass is 314 g/mol. The van der Waals surface area contributed by atoms with E-state index in [9.17, 15) is 14.7 Å². The lowest BCUT2D eigenvalue weighted by atomic mass is 9.99. The van der Waals surface area contributed by atoms with Gasteiger partial charge in [0.25, 0.3) is 0 Å². The number of hydrogen-bond acceptors (Lipinski definition) is 3. The first-order valence-electron chi connectivity index (χ1n) is 7.38. The van der Waals surface area contributed by atoms with Gasteiger partial charge in [0, 0.05) is 22.5 Å². The van der Waals surface area contributed by atoms with E-state index in [1.807, 2.05) is 19.9 Å². The summed E-state index contributed by atoms with van der Waals surface area (Å²) in [6.45, 7) is 5.77. The lowest BCUT2D eigenvalue weighted by molar-refractivity contribution is 0.0690. The zero-order chi connectivity index (χ0) is 16.9. The van der Waals surface area contributed by atoms with Gasteiger partial charge in [-0.3, -0.25) is 4.57 Å². The summed E-state index contributed by atoms with van der Waals surface area (Å²) in [5.41, 5.74) is 4.31. The van der Waals surface area contributed by atoms with Crippen LogP contribution >= 0.6 is 0 Å². The highest BCUT2D eigenvalue weighted by Crippen LogP contribution is 2.34. The highest BCUT2D eigenvalue weighted by Gasteiger charge is 2.21. The topological polar surface area (TPSA) is 84.3 Å². The maximum absolute atomic E-state index is 12.0. The van der Waals surface area contributed by atoms with Gasteiger partial charge >= 0.3 is 12.1 Å². The Hall–Kier alpha value is -2.76. The van der Waals surface area contributed by atoms with Crippen LogP contribution in [0, 0.1) is 13.8 Å². The molecule has 3 aromatic rings. The third kappa shape index (κ3) is 2.02. The van der Waals surface area contributed by atoms with Gasteiger partial charge in [0.2, 0.25) is 0 Å². The number of fused-ring (bicyclic) bond motifs is 2. The van der Waals surface area contributed by atoms with E-state index in [0.29, 0.717) is 11.1 Å². The van der Waals surface area contributed by atoms with Crippen molar-refractivity contribution in [2.45, 2.75) is 27.2 Å². The molecule has 2 heterocycles. The van der Waals surface area contributed by atoms with Crippen LogP contribution < -0.4 is 0 Å². The molecule has 23 heavy (non-hydrogen) atoms. The van der Waals surface area contributed by atoms with Crippen molar-refractivity contribution < 1.29 is 19.4 Å². The van der Waals surface area contributed by atoms with E-state index < -0.39 is 12.1 Å². The lowest BCUT2D eigenvalue weighted by Crippen LogP contribution is -2.09. The number of methoxy groups -OCH3 is 1. The molecule has 0 unspecified atom stereocenters. The van der Waals surface area contributed by atoms with Crippen LogP contribution in [0.3, 0.4) is 0 Å². The molecule has 6 nitrogen and oxygen atoms in total. The number of nitrogens with one attached hydrogen (secondary N) is 1. The van der Waals surface area contributed by atoms with E-state index >= 15 is 0 Å². The molecule has 0 aliphatic rings. The molecule has 6 heteroatoms. The fourth-order valence-electron chi connectivity index (χ4n) is 3.35. The number of benzene rings is 1. The predicted molar refractivity (Wildman–Crippen MR) is 87.4 cm³/mol. The Morgan fingerprint density at radius 3 is 2.52 bits per heavy atom. The largest absolute Gasteiger partial charge is 0.477 e. The highest BCUT2D eigenvalue weighted by atomic mass is 16.5. The first-order valence-corrected chi connectivity index (χ1v) is 7.38. The van der Waals surface area contributed by atoms with Crippen molar-refractivity contribution in [2.24, 2.45) is 0 Å². The van der Waals surface area contributed by atoms with E-state index in [1.54, 1.807) is 13.1 Å². The van der Waals surface area contributed by atoms with Crippen LogP contribution in [0.15, 0.2) is 12.3 Å². The molecule has 0 amide bonds. The molecule has 0 aliphatic carbocycles. The van der Waals surface area contributed by atoms with Gasteiger partial charge in [0.15, 0.2) is 0 Å². The molecule has 120 valence electrons. The normalized spacial score (nSPS) is 11.3. The van der Waals surface area contributed by atoms with Crippen LogP contribution in [-0.2, 0) is 11.2 Å². The summed E-state index contributed by atoms with van der Waals surface area (Å²) in [6, 6.07) is 1.81. The Balaban J connectivity index is 2.49. The van der Waals surface area contributed by atoms with E-state index in [1.165, 1.54) is 11.7 Å². The summed E-state index contributed by atoms with van der Waals surface area (Å²) in [6.07, 6.45) is 2.09. The minimum absolute atomic E-state index is 0.179. The zero-order valence-corrected chi connectivity index (χ0v) is 13.5. The van der Waals surface area contributed by atoms with Crippen molar-refractivity contribution in [1.82, 2.24) is 9.55 Å².